The molecular weight excluding hydrogens is 316 g/mol. The van der Waals surface area contributed by atoms with Crippen molar-refractivity contribution in [1.82, 2.24) is 4.90 Å². The minimum Gasteiger partial charge on any atom is -0.494 e. The Morgan fingerprint density at radius 2 is 2.05 bits per heavy atom. The number of hydrogen-bond donors (Lipinski definition) is 1. The smallest absolute Gasteiger partial charge is 0.257 e. The lowest BCUT2D eigenvalue weighted by Gasteiger charge is -2.35. The van der Waals surface area contributed by atoms with Gasteiger partial charge in [-0.15, -0.1) is 0 Å². The predicted molar refractivity (Wildman–Crippen MR) is 79.1 cm³/mol. The second-order valence-corrected chi connectivity index (χ2v) is 7.00. The van der Waals surface area contributed by atoms with Gasteiger partial charge in [0.25, 0.3) is 5.91 Å². The van der Waals surface area contributed by atoms with Gasteiger partial charge >= 0.3 is 0 Å². The lowest BCUT2D eigenvalue weighted by molar-refractivity contribution is 0.0648. The maximum atomic E-state index is 12.5. The van der Waals surface area contributed by atoms with Crippen LogP contribution in [0.25, 0.3) is 0 Å². The Hall–Kier alpha value is -1.31. The van der Waals surface area contributed by atoms with Crippen molar-refractivity contribution >= 4 is 27.5 Å². The Kier molecular flexibility index (Phi) is 4.46. The maximum Gasteiger partial charge on any atom is 0.257 e. The molecule has 6 nitrogen and oxygen atoms in total. The molecule has 116 valence electrons. The van der Waals surface area contributed by atoms with Crippen LogP contribution in [-0.2, 0) is 10.0 Å². The summed E-state index contributed by atoms with van der Waals surface area (Å²) < 4.78 is 28.3. The molecule has 1 fully saturated rings. The molecule has 21 heavy (non-hydrogen) atoms. The summed E-state index contributed by atoms with van der Waals surface area (Å²) in [5, 5.41) is 5.27. The molecule has 0 saturated heterocycles. The molecule has 0 aromatic heterocycles. The highest BCUT2D eigenvalue weighted by atomic mass is 35.5. The molecular formula is C13H17ClN2O4S. The van der Waals surface area contributed by atoms with E-state index in [2.05, 4.69) is 0 Å². The number of nitrogens with zero attached hydrogens (tertiary/aromatic N) is 1. The number of benzene rings is 1. The number of primary sulfonamides is 1. The molecule has 2 rings (SSSR count). The fourth-order valence-electron chi connectivity index (χ4n) is 2.28. The predicted octanol–water partition coefficient (Wildman–Crippen LogP) is 1.62. The molecule has 0 heterocycles. The van der Waals surface area contributed by atoms with E-state index in [1.807, 2.05) is 0 Å². The van der Waals surface area contributed by atoms with Crippen LogP contribution in [0, 0.1) is 0 Å². The third-order valence-electron chi connectivity index (χ3n) is 3.70. The molecule has 1 aromatic carbocycles. The van der Waals surface area contributed by atoms with Gasteiger partial charge in [0.2, 0.25) is 10.0 Å². The number of amides is 1. The summed E-state index contributed by atoms with van der Waals surface area (Å²) in [6.07, 6.45) is 2.96. The van der Waals surface area contributed by atoms with Crippen LogP contribution in [0.3, 0.4) is 0 Å². The Bertz CT molecular complexity index is 671. The first-order valence-corrected chi connectivity index (χ1v) is 8.35. The average Bonchev–Trinajstić information content (AvgIpc) is 2.33. The summed E-state index contributed by atoms with van der Waals surface area (Å²) in [7, 11) is -1.07. The first kappa shape index (κ1) is 16.1. The minimum absolute atomic E-state index is 0.0712. The topological polar surface area (TPSA) is 89.7 Å². The minimum atomic E-state index is -4.04. The van der Waals surface area contributed by atoms with Gasteiger partial charge in [-0.1, -0.05) is 11.6 Å². The molecule has 1 aliphatic carbocycles. The van der Waals surface area contributed by atoms with Gasteiger partial charge in [0, 0.05) is 18.1 Å². The molecule has 8 heteroatoms. The standard InChI is InChI=1S/C13H17ClN2O4S/c1-16(9-4-3-5-9)13(17)10-6-8(14)7-11(12(10)20-2)21(15,18)19/h6-7,9H,3-5H2,1-2H3,(H2,15,18,19). The number of sulfonamides is 1. The average molecular weight is 333 g/mol. The molecule has 0 unspecified atom stereocenters. The first-order valence-electron chi connectivity index (χ1n) is 6.43. The number of rotatable bonds is 4. The second-order valence-electron chi connectivity index (χ2n) is 5.03. The third kappa shape index (κ3) is 3.14. The van der Waals surface area contributed by atoms with Crippen LogP contribution >= 0.6 is 11.6 Å². The third-order valence-corrected chi connectivity index (χ3v) is 4.84. The van der Waals surface area contributed by atoms with Crippen molar-refractivity contribution in [2.75, 3.05) is 14.2 Å². The van der Waals surface area contributed by atoms with Crippen LogP contribution in [0.4, 0.5) is 0 Å². The van der Waals surface area contributed by atoms with E-state index in [0.717, 1.165) is 19.3 Å². The summed E-state index contributed by atoms with van der Waals surface area (Å²) >= 11 is 5.91. The fourth-order valence-corrected chi connectivity index (χ4v) is 3.31. The monoisotopic (exact) mass is 332 g/mol. The summed E-state index contributed by atoms with van der Waals surface area (Å²) in [4.78, 5) is 13.8. The van der Waals surface area contributed by atoms with Crippen molar-refractivity contribution in [3.8, 4) is 5.75 Å². The van der Waals surface area contributed by atoms with E-state index < -0.39 is 10.0 Å². The van der Waals surface area contributed by atoms with Crippen LogP contribution in [-0.4, -0.2) is 39.4 Å². The van der Waals surface area contributed by atoms with E-state index in [4.69, 9.17) is 21.5 Å². The highest BCUT2D eigenvalue weighted by Gasteiger charge is 2.30. The molecule has 2 N–H and O–H groups in total. The zero-order valence-corrected chi connectivity index (χ0v) is 13.4. The molecule has 0 atom stereocenters. The quantitative estimate of drug-likeness (QED) is 0.907. The van der Waals surface area contributed by atoms with E-state index in [1.165, 1.54) is 19.2 Å². The molecule has 0 bridgehead atoms. The van der Waals surface area contributed by atoms with Gasteiger partial charge in [-0.3, -0.25) is 4.79 Å². The summed E-state index contributed by atoms with van der Waals surface area (Å²) in [5.74, 6) is -0.401. The van der Waals surface area contributed by atoms with E-state index in [-0.39, 0.29) is 33.2 Å². The van der Waals surface area contributed by atoms with Gasteiger partial charge in [-0.05, 0) is 31.4 Å². The number of halogens is 1. The number of nitrogens with two attached hydrogens (primary N) is 1. The molecule has 0 radical (unpaired) electrons. The van der Waals surface area contributed by atoms with Crippen molar-refractivity contribution in [3.05, 3.63) is 22.7 Å². The molecule has 1 amide bonds. The molecule has 1 aliphatic rings. The maximum absolute atomic E-state index is 12.5. The van der Waals surface area contributed by atoms with Crippen LogP contribution in [0.5, 0.6) is 5.75 Å². The van der Waals surface area contributed by atoms with Crippen molar-refractivity contribution in [3.63, 3.8) is 0 Å². The Morgan fingerprint density at radius 1 is 1.43 bits per heavy atom. The summed E-state index contributed by atoms with van der Waals surface area (Å²) in [6, 6.07) is 2.74. The SMILES string of the molecule is COc1c(C(=O)N(C)C2CCC2)cc(Cl)cc1S(N)(=O)=O. The van der Waals surface area contributed by atoms with Crippen molar-refractivity contribution in [2.45, 2.75) is 30.2 Å². The van der Waals surface area contributed by atoms with Crippen LogP contribution < -0.4 is 9.88 Å². The lowest BCUT2D eigenvalue weighted by atomic mass is 9.91. The van der Waals surface area contributed by atoms with Crippen molar-refractivity contribution in [1.29, 1.82) is 0 Å². The number of ether oxygens (including phenoxy) is 1. The lowest BCUT2D eigenvalue weighted by Crippen LogP contribution is -2.41. The van der Waals surface area contributed by atoms with E-state index in [0.29, 0.717) is 0 Å². The van der Waals surface area contributed by atoms with E-state index in [9.17, 15) is 13.2 Å². The number of carbonyl (C=O) groups excluding carboxylic acids is 1. The van der Waals surface area contributed by atoms with Gasteiger partial charge in [-0.2, -0.15) is 0 Å². The molecule has 1 saturated carbocycles. The summed E-state index contributed by atoms with van der Waals surface area (Å²) in [6.45, 7) is 0. The molecule has 1 aromatic rings. The zero-order valence-electron chi connectivity index (χ0n) is 11.8. The van der Waals surface area contributed by atoms with Gasteiger partial charge < -0.3 is 9.64 Å². The molecule has 0 spiro atoms. The van der Waals surface area contributed by atoms with Crippen LogP contribution in [0.2, 0.25) is 5.02 Å². The number of hydrogen-bond acceptors (Lipinski definition) is 4. The number of carbonyl (C=O) groups is 1. The van der Waals surface area contributed by atoms with Crippen molar-refractivity contribution < 1.29 is 17.9 Å². The van der Waals surface area contributed by atoms with E-state index in [1.54, 1.807) is 11.9 Å². The highest BCUT2D eigenvalue weighted by Crippen LogP contribution is 2.33. The van der Waals surface area contributed by atoms with Gasteiger partial charge in [-0.25, -0.2) is 13.6 Å². The van der Waals surface area contributed by atoms with Gasteiger partial charge in [0.15, 0.2) is 5.75 Å². The first-order chi connectivity index (χ1) is 9.75. The largest absolute Gasteiger partial charge is 0.494 e. The zero-order chi connectivity index (χ0) is 15.8. The van der Waals surface area contributed by atoms with Gasteiger partial charge in [0.05, 0.1) is 12.7 Å². The Labute approximate surface area is 128 Å². The Morgan fingerprint density at radius 3 is 2.48 bits per heavy atom. The fraction of sp³-hybridized carbons (Fsp3) is 0.462. The number of methoxy groups -OCH3 is 1. The van der Waals surface area contributed by atoms with Crippen LogP contribution in [0.15, 0.2) is 17.0 Å². The van der Waals surface area contributed by atoms with E-state index >= 15 is 0 Å². The van der Waals surface area contributed by atoms with Crippen LogP contribution in [0.1, 0.15) is 29.6 Å². The summed E-state index contributed by atoms with van der Waals surface area (Å²) in [5.41, 5.74) is 0.100. The molecule has 0 aliphatic heterocycles. The Balaban J connectivity index is 2.52. The van der Waals surface area contributed by atoms with Crippen molar-refractivity contribution in [2.24, 2.45) is 5.14 Å². The second kappa shape index (κ2) is 5.82. The van der Waals surface area contributed by atoms with Gasteiger partial charge in [0.1, 0.15) is 4.90 Å². The highest BCUT2D eigenvalue weighted by molar-refractivity contribution is 7.89. The normalized spacial score (nSPS) is 15.4.